The van der Waals surface area contributed by atoms with Crippen LogP contribution < -0.4 is 10.6 Å². The van der Waals surface area contributed by atoms with Crippen molar-refractivity contribution in [2.75, 3.05) is 18.4 Å². The van der Waals surface area contributed by atoms with E-state index in [1.807, 2.05) is 31.2 Å². The van der Waals surface area contributed by atoms with E-state index in [2.05, 4.69) is 17.6 Å². The molecule has 0 aliphatic heterocycles. The van der Waals surface area contributed by atoms with Crippen LogP contribution in [0, 0.1) is 0 Å². The maximum atomic E-state index is 11.6. The zero-order valence-corrected chi connectivity index (χ0v) is 11.5. The maximum absolute atomic E-state index is 11.6. The van der Waals surface area contributed by atoms with Crippen LogP contribution in [0.2, 0.25) is 0 Å². The summed E-state index contributed by atoms with van der Waals surface area (Å²) in [5.41, 5.74) is 1.80. The Morgan fingerprint density at radius 3 is 2.39 bits per heavy atom. The lowest BCUT2D eigenvalue weighted by atomic mass is 10.2. The minimum atomic E-state index is -0.00741. The average molecular weight is 248 g/mol. The van der Waals surface area contributed by atoms with Crippen molar-refractivity contribution in [3.63, 3.8) is 0 Å². The zero-order valence-electron chi connectivity index (χ0n) is 11.5. The second-order valence-electron chi connectivity index (χ2n) is 4.42. The third kappa shape index (κ3) is 5.21. The first-order valence-corrected chi connectivity index (χ1v) is 6.90. The highest BCUT2D eigenvalue weighted by Gasteiger charge is 2.02. The van der Waals surface area contributed by atoms with Crippen molar-refractivity contribution < 1.29 is 4.79 Å². The first-order chi connectivity index (χ1) is 8.77. The van der Waals surface area contributed by atoms with Crippen LogP contribution in [0.4, 0.5) is 5.69 Å². The standard InChI is InChI=1S/C15H24N2O/c1-3-5-6-7-12-17-14-10-8-13(9-11-14)15(18)16-4-2/h8-11,17H,3-7,12H2,1-2H3,(H,16,18). The molecule has 0 aromatic heterocycles. The number of hydrogen-bond donors (Lipinski definition) is 2. The molecule has 0 saturated heterocycles. The summed E-state index contributed by atoms with van der Waals surface area (Å²) in [6, 6.07) is 7.65. The van der Waals surface area contributed by atoms with Crippen LogP contribution in [0.25, 0.3) is 0 Å². The van der Waals surface area contributed by atoms with Crippen LogP contribution in [0.3, 0.4) is 0 Å². The van der Waals surface area contributed by atoms with Crippen LogP contribution in [0.15, 0.2) is 24.3 Å². The third-order valence-electron chi connectivity index (χ3n) is 2.84. The van der Waals surface area contributed by atoms with Gasteiger partial charge in [0.2, 0.25) is 0 Å². The lowest BCUT2D eigenvalue weighted by molar-refractivity contribution is 0.0956. The van der Waals surface area contributed by atoms with E-state index in [0.717, 1.165) is 12.2 Å². The van der Waals surface area contributed by atoms with Gasteiger partial charge >= 0.3 is 0 Å². The quantitative estimate of drug-likeness (QED) is 0.692. The van der Waals surface area contributed by atoms with Crippen LogP contribution in [0.5, 0.6) is 0 Å². The van der Waals surface area contributed by atoms with Crippen molar-refractivity contribution in [3.05, 3.63) is 29.8 Å². The number of carbonyl (C=O) groups is 1. The fourth-order valence-electron chi connectivity index (χ4n) is 1.79. The molecule has 1 aromatic carbocycles. The minimum absolute atomic E-state index is 0.00741. The first kappa shape index (κ1) is 14.6. The molecule has 0 radical (unpaired) electrons. The highest BCUT2D eigenvalue weighted by atomic mass is 16.1. The highest BCUT2D eigenvalue weighted by molar-refractivity contribution is 5.94. The fourth-order valence-corrected chi connectivity index (χ4v) is 1.79. The van der Waals surface area contributed by atoms with Gasteiger partial charge in [-0.1, -0.05) is 26.2 Å². The predicted molar refractivity (Wildman–Crippen MR) is 77.1 cm³/mol. The molecule has 0 aliphatic carbocycles. The van der Waals surface area contributed by atoms with Gasteiger partial charge in [-0.3, -0.25) is 4.79 Å². The topological polar surface area (TPSA) is 41.1 Å². The van der Waals surface area contributed by atoms with Gasteiger partial charge in [0, 0.05) is 24.3 Å². The van der Waals surface area contributed by atoms with E-state index in [4.69, 9.17) is 0 Å². The second kappa shape index (κ2) is 8.56. The molecule has 3 nitrogen and oxygen atoms in total. The van der Waals surface area contributed by atoms with E-state index in [0.29, 0.717) is 12.1 Å². The number of benzene rings is 1. The van der Waals surface area contributed by atoms with Gasteiger partial charge in [-0.15, -0.1) is 0 Å². The van der Waals surface area contributed by atoms with Gasteiger partial charge in [-0.2, -0.15) is 0 Å². The van der Waals surface area contributed by atoms with Gasteiger partial charge in [0.05, 0.1) is 0 Å². The molecule has 18 heavy (non-hydrogen) atoms. The average Bonchev–Trinajstić information content (AvgIpc) is 2.39. The number of unbranched alkanes of at least 4 members (excludes halogenated alkanes) is 3. The van der Waals surface area contributed by atoms with E-state index >= 15 is 0 Å². The van der Waals surface area contributed by atoms with E-state index in [-0.39, 0.29) is 5.91 Å². The van der Waals surface area contributed by atoms with Crippen LogP contribution in [-0.4, -0.2) is 19.0 Å². The summed E-state index contributed by atoms with van der Waals surface area (Å²) in [7, 11) is 0. The summed E-state index contributed by atoms with van der Waals surface area (Å²) in [4.78, 5) is 11.6. The zero-order chi connectivity index (χ0) is 13.2. The van der Waals surface area contributed by atoms with Crippen molar-refractivity contribution >= 4 is 11.6 Å². The molecule has 0 unspecified atom stereocenters. The van der Waals surface area contributed by atoms with Gasteiger partial charge in [-0.25, -0.2) is 0 Å². The van der Waals surface area contributed by atoms with Crippen molar-refractivity contribution in [3.8, 4) is 0 Å². The summed E-state index contributed by atoms with van der Waals surface area (Å²) in [6.07, 6.45) is 5.05. The molecule has 0 spiro atoms. The number of rotatable bonds is 8. The highest BCUT2D eigenvalue weighted by Crippen LogP contribution is 2.10. The Morgan fingerprint density at radius 2 is 1.78 bits per heavy atom. The smallest absolute Gasteiger partial charge is 0.251 e. The molecule has 0 fully saturated rings. The van der Waals surface area contributed by atoms with Crippen molar-refractivity contribution in [2.45, 2.75) is 39.5 Å². The molecule has 100 valence electrons. The van der Waals surface area contributed by atoms with Crippen LogP contribution in [0.1, 0.15) is 49.9 Å². The Hall–Kier alpha value is -1.51. The van der Waals surface area contributed by atoms with Gasteiger partial charge in [0.25, 0.3) is 5.91 Å². The molecule has 2 N–H and O–H groups in total. The van der Waals surface area contributed by atoms with Crippen molar-refractivity contribution in [2.24, 2.45) is 0 Å². The van der Waals surface area contributed by atoms with Gasteiger partial charge < -0.3 is 10.6 Å². The Balaban J connectivity index is 2.33. The number of nitrogens with one attached hydrogen (secondary N) is 2. The molecule has 1 aromatic rings. The molecular formula is C15H24N2O. The predicted octanol–water partition coefficient (Wildman–Crippen LogP) is 3.43. The molecule has 0 heterocycles. The lowest BCUT2D eigenvalue weighted by Crippen LogP contribution is -2.22. The van der Waals surface area contributed by atoms with Crippen molar-refractivity contribution in [1.29, 1.82) is 0 Å². The fraction of sp³-hybridized carbons (Fsp3) is 0.533. The Bertz CT molecular complexity index is 346. The summed E-state index contributed by atoms with van der Waals surface area (Å²) in [5, 5.41) is 6.16. The number of anilines is 1. The molecule has 0 atom stereocenters. The summed E-state index contributed by atoms with van der Waals surface area (Å²) in [6.45, 7) is 5.80. The van der Waals surface area contributed by atoms with E-state index in [1.54, 1.807) is 0 Å². The Morgan fingerprint density at radius 1 is 1.06 bits per heavy atom. The SMILES string of the molecule is CCCCCCNc1ccc(C(=O)NCC)cc1. The number of hydrogen-bond acceptors (Lipinski definition) is 2. The lowest BCUT2D eigenvalue weighted by Gasteiger charge is -2.07. The summed E-state index contributed by atoms with van der Waals surface area (Å²) in [5.74, 6) is -0.00741. The molecule has 1 amide bonds. The molecule has 1 rings (SSSR count). The third-order valence-corrected chi connectivity index (χ3v) is 2.84. The summed E-state index contributed by atoms with van der Waals surface area (Å²) >= 11 is 0. The molecule has 0 bridgehead atoms. The Kier molecular flexibility index (Phi) is 6.92. The molecule has 0 aliphatic rings. The van der Waals surface area contributed by atoms with Crippen molar-refractivity contribution in [1.82, 2.24) is 5.32 Å². The normalized spacial score (nSPS) is 10.1. The number of amides is 1. The van der Waals surface area contributed by atoms with E-state index in [9.17, 15) is 4.79 Å². The van der Waals surface area contributed by atoms with E-state index < -0.39 is 0 Å². The molecular weight excluding hydrogens is 224 g/mol. The monoisotopic (exact) mass is 248 g/mol. The van der Waals surface area contributed by atoms with Gasteiger partial charge in [0.1, 0.15) is 0 Å². The minimum Gasteiger partial charge on any atom is -0.385 e. The Labute approximate surface area is 110 Å². The summed E-state index contributed by atoms with van der Waals surface area (Å²) < 4.78 is 0. The van der Waals surface area contributed by atoms with Gasteiger partial charge in [-0.05, 0) is 37.6 Å². The maximum Gasteiger partial charge on any atom is 0.251 e. The molecule has 0 saturated carbocycles. The first-order valence-electron chi connectivity index (χ1n) is 6.90. The second-order valence-corrected chi connectivity index (χ2v) is 4.42. The largest absolute Gasteiger partial charge is 0.385 e. The van der Waals surface area contributed by atoms with Crippen LogP contribution in [-0.2, 0) is 0 Å². The van der Waals surface area contributed by atoms with Crippen LogP contribution >= 0.6 is 0 Å². The number of carbonyl (C=O) groups excluding carboxylic acids is 1. The van der Waals surface area contributed by atoms with E-state index in [1.165, 1.54) is 25.7 Å². The van der Waals surface area contributed by atoms with Gasteiger partial charge in [0.15, 0.2) is 0 Å². The molecule has 3 heteroatoms.